The van der Waals surface area contributed by atoms with Crippen molar-refractivity contribution in [3.63, 3.8) is 0 Å². The number of nitrogens with zero attached hydrogens (tertiary/aromatic N) is 2. The molecule has 2 aliphatic rings. The van der Waals surface area contributed by atoms with Crippen molar-refractivity contribution < 1.29 is 18.0 Å². The van der Waals surface area contributed by atoms with Crippen LogP contribution in [0.4, 0.5) is 0 Å². The summed E-state index contributed by atoms with van der Waals surface area (Å²) in [7, 11) is -4.19. The minimum atomic E-state index is -4.19. The maximum Gasteiger partial charge on any atom is 0.266 e. The quantitative estimate of drug-likeness (QED) is 0.771. The van der Waals surface area contributed by atoms with Crippen LogP contribution >= 0.6 is 23.2 Å². The summed E-state index contributed by atoms with van der Waals surface area (Å²) < 4.78 is 27.2. The van der Waals surface area contributed by atoms with Gasteiger partial charge < -0.3 is 10.2 Å². The van der Waals surface area contributed by atoms with E-state index >= 15 is 0 Å². The van der Waals surface area contributed by atoms with Gasteiger partial charge in [-0.15, -0.1) is 0 Å². The van der Waals surface area contributed by atoms with E-state index in [4.69, 9.17) is 23.2 Å². The van der Waals surface area contributed by atoms with Crippen molar-refractivity contribution in [3.8, 4) is 0 Å². The number of nitrogens with one attached hydrogen (secondary N) is 1. The van der Waals surface area contributed by atoms with Crippen LogP contribution in [0.15, 0.2) is 35.5 Å². The van der Waals surface area contributed by atoms with Gasteiger partial charge in [-0.05, 0) is 30.9 Å². The topological polar surface area (TPSA) is 86.8 Å². The van der Waals surface area contributed by atoms with Crippen LogP contribution in [0.2, 0.25) is 10.0 Å². The highest BCUT2D eigenvalue weighted by atomic mass is 35.5. The molecule has 1 N–H and O–H groups in total. The second-order valence-corrected chi connectivity index (χ2v) is 9.62. The van der Waals surface area contributed by atoms with E-state index in [-0.39, 0.29) is 27.3 Å². The van der Waals surface area contributed by atoms with Crippen LogP contribution in [-0.2, 0) is 19.6 Å². The van der Waals surface area contributed by atoms with Crippen molar-refractivity contribution in [3.05, 3.63) is 40.6 Å². The number of carbonyl (C=O) groups is 2. The predicted octanol–water partition coefficient (Wildman–Crippen LogP) is 2.60. The molecule has 0 unspecified atom stereocenters. The number of halogens is 2. The van der Waals surface area contributed by atoms with Crippen LogP contribution in [0, 0.1) is 5.92 Å². The Morgan fingerprint density at radius 1 is 1.32 bits per heavy atom. The fraction of sp³-hybridized carbons (Fsp3) is 0.444. The molecule has 1 aromatic rings. The Morgan fingerprint density at radius 2 is 2.07 bits per heavy atom. The summed E-state index contributed by atoms with van der Waals surface area (Å²) in [6.07, 6.45) is 4.14. The molecule has 7 nitrogen and oxygen atoms in total. The molecule has 0 saturated carbocycles. The largest absolute Gasteiger partial charge is 0.342 e. The summed E-state index contributed by atoms with van der Waals surface area (Å²) in [5, 5.41) is 2.43. The average Bonchev–Trinajstić information content (AvgIpc) is 2.65. The molecule has 2 heterocycles. The maximum atomic E-state index is 13.2. The second-order valence-electron chi connectivity index (χ2n) is 7.02. The molecule has 3 rings (SSSR count). The van der Waals surface area contributed by atoms with Gasteiger partial charge in [0, 0.05) is 25.5 Å². The van der Waals surface area contributed by atoms with E-state index in [1.807, 2.05) is 0 Å². The molecule has 1 fully saturated rings. The number of piperidine rings is 1. The first-order chi connectivity index (χ1) is 13.2. The third-order valence-electron chi connectivity index (χ3n) is 4.91. The van der Waals surface area contributed by atoms with Gasteiger partial charge in [0.15, 0.2) is 0 Å². The molecule has 0 aliphatic carbocycles. The van der Waals surface area contributed by atoms with Crippen molar-refractivity contribution in [1.29, 1.82) is 0 Å². The molecule has 0 bridgehead atoms. The molecule has 1 aromatic carbocycles. The molecule has 2 amide bonds. The Bertz CT molecular complexity index is 919. The predicted molar refractivity (Wildman–Crippen MR) is 106 cm³/mol. The highest BCUT2D eigenvalue weighted by Crippen LogP contribution is 2.33. The summed E-state index contributed by atoms with van der Waals surface area (Å²) in [6.45, 7) is 3.28. The lowest BCUT2D eigenvalue weighted by atomic mass is 9.99. The van der Waals surface area contributed by atoms with Gasteiger partial charge in [-0.3, -0.25) is 13.9 Å². The van der Waals surface area contributed by atoms with E-state index in [2.05, 4.69) is 12.2 Å². The first-order valence-corrected chi connectivity index (χ1v) is 11.1. The molecule has 1 saturated heterocycles. The fourth-order valence-electron chi connectivity index (χ4n) is 3.45. The van der Waals surface area contributed by atoms with E-state index in [1.165, 1.54) is 30.6 Å². The Hall–Kier alpha value is -1.77. The van der Waals surface area contributed by atoms with Crippen LogP contribution in [-0.4, -0.2) is 48.6 Å². The monoisotopic (exact) mass is 445 g/mol. The second kappa shape index (κ2) is 8.31. The molecule has 0 radical (unpaired) electrons. The molecular formula is C18H21Cl2N3O4S. The van der Waals surface area contributed by atoms with Gasteiger partial charge in [-0.1, -0.05) is 36.2 Å². The first-order valence-electron chi connectivity index (χ1n) is 8.94. The summed E-state index contributed by atoms with van der Waals surface area (Å²) in [4.78, 5) is 26.6. The van der Waals surface area contributed by atoms with Gasteiger partial charge >= 0.3 is 0 Å². The van der Waals surface area contributed by atoms with Crippen molar-refractivity contribution in [2.24, 2.45) is 5.92 Å². The third-order valence-corrected chi connectivity index (χ3v) is 7.66. The molecule has 2 atom stereocenters. The minimum Gasteiger partial charge on any atom is -0.342 e. The molecule has 0 aromatic heterocycles. The molecule has 10 heteroatoms. The normalized spacial score (nSPS) is 22.9. The summed E-state index contributed by atoms with van der Waals surface area (Å²) >= 11 is 12.0. The lowest BCUT2D eigenvalue weighted by Gasteiger charge is -2.35. The molecule has 0 spiro atoms. The zero-order valence-electron chi connectivity index (χ0n) is 15.3. The number of rotatable bonds is 4. The number of likely N-dealkylation sites (tertiary alicyclic amines) is 1. The van der Waals surface area contributed by atoms with Gasteiger partial charge in [-0.25, -0.2) is 8.42 Å². The average molecular weight is 446 g/mol. The highest BCUT2D eigenvalue weighted by Gasteiger charge is 2.39. The molecule has 2 aliphatic heterocycles. The SMILES string of the molecule is C[C@@H]1CCCN(C(=O)C[C@@H]2C(=O)NC=CN2S(=O)(=O)c2cccc(Cl)c2Cl)C1. The molecular weight excluding hydrogens is 425 g/mol. The van der Waals surface area contributed by atoms with Crippen LogP contribution in [0.1, 0.15) is 26.2 Å². The van der Waals surface area contributed by atoms with Crippen LogP contribution in [0.25, 0.3) is 0 Å². The third kappa shape index (κ3) is 4.14. The number of amides is 2. The maximum absolute atomic E-state index is 13.2. The standard InChI is InChI=1S/C18H21Cl2N3O4S/c1-12-4-3-8-22(11-12)16(24)10-14-18(25)21-7-9-23(14)28(26,27)15-6-2-5-13(19)17(15)20/h2,5-7,9,12,14H,3-4,8,10-11H2,1H3,(H,21,25)/t12-,14-/m1/s1. The van der Waals surface area contributed by atoms with E-state index in [1.54, 1.807) is 4.90 Å². The zero-order valence-corrected chi connectivity index (χ0v) is 17.6. The van der Waals surface area contributed by atoms with Gasteiger partial charge in [0.1, 0.15) is 10.9 Å². The Kier molecular flexibility index (Phi) is 6.21. The summed E-state index contributed by atoms with van der Waals surface area (Å²) in [6, 6.07) is 3.05. The van der Waals surface area contributed by atoms with Crippen LogP contribution in [0.3, 0.4) is 0 Å². The smallest absolute Gasteiger partial charge is 0.266 e. The fourth-order valence-corrected chi connectivity index (χ4v) is 5.64. The Balaban J connectivity index is 1.89. The van der Waals surface area contributed by atoms with Crippen molar-refractivity contribution in [2.75, 3.05) is 13.1 Å². The lowest BCUT2D eigenvalue weighted by Crippen LogP contribution is -2.52. The molecule has 152 valence electrons. The summed E-state index contributed by atoms with van der Waals surface area (Å²) in [5.41, 5.74) is 0. The zero-order chi connectivity index (χ0) is 20.5. The lowest BCUT2D eigenvalue weighted by molar-refractivity contribution is -0.137. The van der Waals surface area contributed by atoms with Crippen LogP contribution < -0.4 is 5.32 Å². The van der Waals surface area contributed by atoms with Gasteiger partial charge in [0.05, 0.1) is 16.5 Å². The van der Waals surface area contributed by atoms with E-state index in [0.717, 1.165) is 17.1 Å². The Labute approximate surface area is 174 Å². The number of benzene rings is 1. The number of carbonyl (C=O) groups excluding carboxylic acids is 2. The van der Waals surface area contributed by atoms with Gasteiger partial charge in [-0.2, -0.15) is 0 Å². The molecule has 28 heavy (non-hydrogen) atoms. The van der Waals surface area contributed by atoms with Gasteiger partial charge in [0.25, 0.3) is 10.0 Å². The summed E-state index contributed by atoms with van der Waals surface area (Å²) in [5.74, 6) is -0.440. The van der Waals surface area contributed by atoms with Crippen molar-refractivity contribution in [1.82, 2.24) is 14.5 Å². The van der Waals surface area contributed by atoms with E-state index in [9.17, 15) is 18.0 Å². The minimum absolute atomic E-state index is 0.0862. The number of sulfonamides is 1. The van der Waals surface area contributed by atoms with Crippen molar-refractivity contribution in [2.45, 2.75) is 37.1 Å². The number of hydrogen-bond acceptors (Lipinski definition) is 4. The highest BCUT2D eigenvalue weighted by molar-refractivity contribution is 7.89. The van der Waals surface area contributed by atoms with Crippen LogP contribution in [0.5, 0.6) is 0 Å². The van der Waals surface area contributed by atoms with E-state index < -0.39 is 22.0 Å². The van der Waals surface area contributed by atoms with Gasteiger partial charge in [0.2, 0.25) is 11.8 Å². The first kappa shape index (κ1) is 21.0. The number of hydrogen-bond donors (Lipinski definition) is 1. The van der Waals surface area contributed by atoms with Crippen molar-refractivity contribution >= 4 is 45.0 Å². The Morgan fingerprint density at radius 3 is 2.79 bits per heavy atom. The van der Waals surface area contributed by atoms with E-state index in [0.29, 0.717) is 19.0 Å².